The molecule has 0 radical (unpaired) electrons. The maximum atomic E-state index is 13.7. The fourth-order valence-corrected chi connectivity index (χ4v) is 1.80. The zero-order valence-electron chi connectivity index (χ0n) is 11.1. The number of benzene rings is 1. The zero-order valence-corrected chi connectivity index (χ0v) is 11.1. The third-order valence-electron chi connectivity index (χ3n) is 2.80. The van der Waals surface area contributed by atoms with Gasteiger partial charge in [0.15, 0.2) is 5.75 Å². The molecule has 0 spiro atoms. The molecule has 1 aromatic heterocycles. The number of halogens is 1. The Labute approximate surface area is 112 Å². The number of hydrogen-bond acceptors (Lipinski definition) is 3. The van der Waals surface area contributed by atoms with Crippen LogP contribution in [0.2, 0.25) is 0 Å². The van der Waals surface area contributed by atoms with Crippen LogP contribution in [0, 0.1) is 5.82 Å². The van der Waals surface area contributed by atoms with Crippen molar-refractivity contribution in [3.8, 4) is 11.5 Å². The third-order valence-corrected chi connectivity index (χ3v) is 2.80. The van der Waals surface area contributed by atoms with Gasteiger partial charge in [0.05, 0.1) is 12.4 Å². The molecular weight excluding hydrogens is 245 g/mol. The Hall–Kier alpha value is -1.88. The molecule has 0 aliphatic carbocycles. The molecule has 0 fully saturated rings. The highest BCUT2D eigenvalue weighted by molar-refractivity contribution is 5.38. The van der Waals surface area contributed by atoms with Gasteiger partial charge in [-0.3, -0.25) is 4.68 Å². The molecule has 0 aliphatic heterocycles. The van der Waals surface area contributed by atoms with Crippen molar-refractivity contribution in [3.63, 3.8) is 0 Å². The lowest BCUT2D eigenvalue weighted by molar-refractivity contribution is 0.463. The standard InChI is InChI=1S/C14H18FN3O/c1-10(2)18-9-11(8-17-18)19-14-5-3-4-13(15)12(14)6-7-16/h3-5,8-10H,6-7,16H2,1-2H3. The van der Waals surface area contributed by atoms with E-state index in [-0.39, 0.29) is 11.9 Å². The molecule has 0 amide bonds. The van der Waals surface area contributed by atoms with Gasteiger partial charge < -0.3 is 10.5 Å². The Bertz CT molecular complexity index is 551. The second kappa shape index (κ2) is 5.84. The molecule has 2 N–H and O–H groups in total. The lowest BCUT2D eigenvalue weighted by Gasteiger charge is -2.10. The van der Waals surface area contributed by atoms with E-state index in [0.717, 1.165) is 0 Å². The van der Waals surface area contributed by atoms with E-state index in [9.17, 15) is 4.39 Å². The Morgan fingerprint density at radius 3 is 2.84 bits per heavy atom. The first-order valence-electron chi connectivity index (χ1n) is 6.31. The first-order chi connectivity index (χ1) is 9.11. The predicted molar refractivity (Wildman–Crippen MR) is 71.8 cm³/mol. The second-order valence-corrected chi connectivity index (χ2v) is 4.61. The smallest absolute Gasteiger partial charge is 0.165 e. The van der Waals surface area contributed by atoms with Crippen LogP contribution < -0.4 is 10.5 Å². The van der Waals surface area contributed by atoms with Gasteiger partial charge in [-0.2, -0.15) is 5.10 Å². The summed E-state index contributed by atoms with van der Waals surface area (Å²) in [5, 5.41) is 4.18. The molecule has 0 atom stereocenters. The van der Waals surface area contributed by atoms with Crippen LogP contribution in [0.3, 0.4) is 0 Å². The fourth-order valence-electron chi connectivity index (χ4n) is 1.80. The van der Waals surface area contributed by atoms with Crippen molar-refractivity contribution >= 4 is 0 Å². The maximum Gasteiger partial charge on any atom is 0.165 e. The lowest BCUT2D eigenvalue weighted by Crippen LogP contribution is -2.06. The van der Waals surface area contributed by atoms with Gasteiger partial charge >= 0.3 is 0 Å². The van der Waals surface area contributed by atoms with Crippen LogP contribution in [-0.4, -0.2) is 16.3 Å². The summed E-state index contributed by atoms with van der Waals surface area (Å²) in [6, 6.07) is 5.03. The van der Waals surface area contributed by atoms with Gasteiger partial charge in [0.25, 0.3) is 0 Å². The maximum absolute atomic E-state index is 13.7. The summed E-state index contributed by atoms with van der Waals surface area (Å²) in [7, 11) is 0. The quantitative estimate of drug-likeness (QED) is 0.902. The summed E-state index contributed by atoms with van der Waals surface area (Å²) < 4.78 is 21.2. The summed E-state index contributed by atoms with van der Waals surface area (Å²) in [6.07, 6.45) is 3.86. The molecular formula is C14H18FN3O. The van der Waals surface area contributed by atoms with Gasteiger partial charge in [-0.25, -0.2) is 4.39 Å². The molecule has 0 saturated heterocycles. The Kier molecular flexibility index (Phi) is 4.16. The van der Waals surface area contributed by atoms with Crippen LogP contribution in [0.15, 0.2) is 30.6 Å². The SMILES string of the molecule is CC(C)n1cc(Oc2cccc(F)c2CCN)cn1. The van der Waals surface area contributed by atoms with Crippen molar-refractivity contribution in [3.05, 3.63) is 42.0 Å². The molecule has 2 rings (SSSR count). The molecule has 0 unspecified atom stereocenters. The average Bonchev–Trinajstić information content (AvgIpc) is 2.82. The minimum absolute atomic E-state index is 0.258. The van der Waals surface area contributed by atoms with Gasteiger partial charge in [-0.15, -0.1) is 0 Å². The summed E-state index contributed by atoms with van der Waals surface area (Å²) in [5.41, 5.74) is 6.00. The Balaban J connectivity index is 2.24. The van der Waals surface area contributed by atoms with Crippen molar-refractivity contribution in [2.24, 2.45) is 5.73 Å². The van der Waals surface area contributed by atoms with E-state index >= 15 is 0 Å². The van der Waals surface area contributed by atoms with Gasteiger partial charge in [0.1, 0.15) is 11.6 Å². The molecule has 2 aromatic rings. The zero-order chi connectivity index (χ0) is 13.8. The average molecular weight is 263 g/mol. The molecule has 0 aliphatic rings. The molecule has 4 nitrogen and oxygen atoms in total. The highest BCUT2D eigenvalue weighted by Crippen LogP contribution is 2.27. The fraction of sp³-hybridized carbons (Fsp3) is 0.357. The largest absolute Gasteiger partial charge is 0.454 e. The monoisotopic (exact) mass is 263 g/mol. The van der Waals surface area contributed by atoms with Gasteiger partial charge in [0, 0.05) is 11.6 Å². The first kappa shape index (κ1) is 13.5. The Morgan fingerprint density at radius 1 is 1.42 bits per heavy atom. The highest BCUT2D eigenvalue weighted by Gasteiger charge is 2.11. The van der Waals surface area contributed by atoms with Crippen molar-refractivity contribution in [2.45, 2.75) is 26.3 Å². The van der Waals surface area contributed by atoms with E-state index in [4.69, 9.17) is 10.5 Å². The van der Waals surface area contributed by atoms with E-state index in [1.165, 1.54) is 6.07 Å². The van der Waals surface area contributed by atoms with Crippen molar-refractivity contribution in [1.29, 1.82) is 0 Å². The van der Waals surface area contributed by atoms with Gasteiger partial charge in [0.2, 0.25) is 0 Å². The number of nitrogens with zero attached hydrogens (tertiary/aromatic N) is 2. The summed E-state index contributed by atoms with van der Waals surface area (Å²) >= 11 is 0. The predicted octanol–water partition coefficient (Wildman–Crippen LogP) is 2.90. The van der Waals surface area contributed by atoms with Crippen LogP contribution >= 0.6 is 0 Å². The summed E-state index contributed by atoms with van der Waals surface area (Å²) in [5.74, 6) is 0.797. The number of aromatic nitrogens is 2. The lowest BCUT2D eigenvalue weighted by atomic mass is 10.1. The van der Waals surface area contributed by atoms with E-state index < -0.39 is 0 Å². The molecule has 1 heterocycles. The number of ether oxygens (including phenoxy) is 1. The number of rotatable bonds is 5. The summed E-state index contributed by atoms with van der Waals surface area (Å²) in [6.45, 7) is 4.43. The first-order valence-corrected chi connectivity index (χ1v) is 6.31. The highest BCUT2D eigenvalue weighted by atomic mass is 19.1. The number of nitrogens with two attached hydrogens (primary N) is 1. The molecule has 0 saturated carbocycles. The minimum Gasteiger partial charge on any atom is -0.454 e. The molecule has 102 valence electrons. The van der Waals surface area contributed by atoms with Crippen molar-refractivity contribution < 1.29 is 9.13 Å². The molecule has 5 heteroatoms. The van der Waals surface area contributed by atoms with Crippen LogP contribution in [0.4, 0.5) is 4.39 Å². The van der Waals surface area contributed by atoms with Crippen LogP contribution in [0.5, 0.6) is 11.5 Å². The topological polar surface area (TPSA) is 53.1 Å². The minimum atomic E-state index is -0.292. The molecule has 19 heavy (non-hydrogen) atoms. The molecule has 0 bridgehead atoms. The van der Waals surface area contributed by atoms with Gasteiger partial charge in [-0.1, -0.05) is 6.07 Å². The Morgan fingerprint density at radius 2 is 2.21 bits per heavy atom. The third kappa shape index (κ3) is 3.12. The van der Waals surface area contributed by atoms with Crippen LogP contribution in [-0.2, 0) is 6.42 Å². The number of hydrogen-bond donors (Lipinski definition) is 1. The van der Waals surface area contributed by atoms with E-state index in [1.807, 2.05) is 13.8 Å². The van der Waals surface area contributed by atoms with E-state index in [0.29, 0.717) is 30.0 Å². The van der Waals surface area contributed by atoms with Crippen LogP contribution in [0.1, 0.15) is 25.5 Å². The molecule has 1 aromatic carbocycles. The van der Waals surface area contributed by atoms with E-state index in [2.05, 4.69) is 5.10 Å². The van der Waals surface area contributed by atoms with Crippen LogP contribution in [0.25, 0.3) is 0 Å². The van der Waals surface area contributed by atoms with E-state index in [1.54, 1.807) is 29.2 Å². The van der Waals surface area contributed by atoms with Crippen molar-refractivity contribution in [2.75, 3.05) is 6.54 Å². The van der Waals surface area contributed by atoms with Gasteiger partial charge in [-0.05, 0) is 38.9 Å². The second-order valence-electron chi connectivity index (χ2n) is 4.61. The normalized spacial score (nSPS) is 11.0. The summed E-state index contributed by atoms with van der Waals surface area (Å²) in [4.78, 5) is 0. The van der Waals surface area contributed by atoms with Crippen molar-refractivity contribution in [1.82, 2.24) is 9.78 Å².